The molecular weight excluding hydrogens is 686 g/mol. The average Bonchev–Trinajstić information content (AvgIpc) is 3.34. The van der Waals surface area contributed by atoms with Gasteiger partial charge in [-0.15, -0.1) is 0 Å². The third kappa shape index (κ3) is 11.7. The molecule has 1 aliphatic rings. The van der Waals surface area contributed by atoms with E-state index in [0.717, 1.165) is 23.9 Å². The number of carbonyl (C=O) groups excluding carboxylic acids is 3. The van der Waals surface area contributed by atoms with Crippen LogP contribution >= 0.6 is 11.8 Å². The number of hydrogen-bond donors (Lipinski definition) is 2. The molecule has 0 bridgehead atoms. The van der Waals surface area contributed by atoms with Crippen LogP contribution < -0.4 is 11.5 Å². The highest BCUT2D eigenvalue weighted by molar-refractivity contribution is 7.99. The number of aliphatic carboxylic acids is 1. The van der Waals surface area contributed by atoms with Gasteiger partial charge in [0.05, 0.1) is 11.3 Å². The summed E-state index contributed by atoms with van der Waals surface area (Å²) in [7, 11) is 0. The third-order valence-corrected chi connectivity index (χ3v) is 8.62. The summed E-state index contributed by atoms with van der Waals surface area (Å²) < 4.78 is 75.8. The fraction of sp³-hybridized carbons (Fsp3) is 0.452. The van der Waals surface area contributed by atoms with Crippen LogP contribution in [-0.2, 0) is 32.3 Å². The maximum Gasteiger partial charge on any atom is 0.490 e. The van der Waals surface area contributed by atoms with Gasteiger partial charge < -0.3 is 20.2 Å². The van der Waals surface area contributed by atoms with Crippen molar-refractivity contribution in [2.75, 3.05) is 24.6 Å². The van der Waals surface area contributed by atoms with Crippen molar-refractivity contribution in [2.45, 2.75) is 63.2 Å². The molecule has 1 fully saturated rings. The Bertz CT molecular complexity index is 1640. The third-order valence-electron chi connectivity index (χ3n) is 7.58. The molecule has 1 aromatic heterocycles. The number of carbonyl (C=O) groups is 4. The number of thioether (sulfide) groups is 1. The van der Waals surface area contributed by atoms with E-state index in [2.05, 4.69) is 4.90 Å². The number of carboxylic acid groups (broad SMARTS) is 1. The molecule has 1 saturated heterocycles. The van der Waals surface area contributed by atoms with Crippen LogP contribution in [0.1, 0.15) is 31.2 Å². The molecule has 4 rings (SSSR count). The number of ketones is 1. The number of halogens is 6. The summed E-state index contributed by atoms with van der Waals surface area (Å²) in [5.74, 6) is -7.05. The van der Waals surface area contributed by atoms with Gasteiger partial charge in [-0.05, 0) is 49.1 Å². The summed E-state index contributed by atoms with van der Waals surface area (Å²) in [6.45, 7) is 1.71. The second-order valence-corrected chi connectivity index (χ2v) is 12.2. The van der Waals surface area contributed by atoms with Gasteiger partial charge in [0.15, 0.2) is 5.58 Å². The monoisotopic (exact) mass is 720 g/mol. The standard InChI is InChI=1S/C29H33F3N4O5S.C2HF3O2/c30-29(31,32)25(37)19-42-16-6-10-23(27(33)39)36(21-12-14-34(15-13-21)17-20-7-2-1-3-8-20)26(38)18-35-22-9-4-5-11-24(22)41-28(35)40;3-2(4,5)1(6)7/h1-5,7-9,11,21,23H,6,10,12-19H2,(H2,33,39);(H,6,7)/t23-;/m0./s1. The number of piperidine rings is 1. The number of amides is 2. The zero-order chi connectivity index (χ0) is 36.4. The summed E-state index contributed by atoms with van der Waals surface area (Å²) in [4.78, 5) is 62.9. The maximum absolute atomic E-state index is 13.8. The molecule has 2 aromatic carbocycles. The Morgan fingerprint density at radius 3 is 2.12 bits per heavy atom. The van der Waals surface area contributed by atoms with Gasteiger partial charge in [0.1, 0.15) is 12.6 Å². The minimum atomic E-state index is -5.08. The summed E-state index contributed by atoms with van der Waals surface area (Å²) in [5.41, 5.74) is 7.71. The largest absolute Gasteiger partial charge is 0.490 e. The van der Waals surface area contributed by atoms with Crippen LogP contribution in [0.4, 0.5) is 26.3 Å². The van der Waals surface area contributed by atoms with Crippen molar-refractivity contribution < 1.29 is 55.0 Å². The highest BCUT2D eigenvalue weighted by Gasteiger charge is 2.39. The van der Waals surface area contributed by atoms with Crippen LogP contribution in [0.5, 0.6) is 0 Å². The summed E-state index contributed by atoms with van der Waals surface area (Å²) >= 11 is 0.816. The molecule has 1 atom stereocenters. The van der Waals surface area contributed by atoms with E-state index < -0.39 is 53.5 Å². The number of Topliss-reactive ketones (excluding diaryl/α,β-unsaturated/α-hetero) is 1. The Hall–Kier alpha value is -4.32. The van der Waals surface area contributed by atoms with E-state index in [9.17, 15) is 45.5 Å². The number of oxazole rings is 1. The predicted molar refractivity (Wildman–Crippen MR) is 166 cm³/mol. The van der Waals surface area contributed by atoms with Gasteiger partial charge >= 0.3 is 24.1 Å². The molecule has 11 nitrogen and oxygen atoms in total. The minimum absolute atomic E-state index is 0.111. The fourth-order valence-electron chi connectivity index (χ4n) is 5.25. The number of alkyl halides is 6. The average molecular weight is 721 g/mol. The Morgan fingerprint density at radius 1 is 0.959 bits per heavy atom. The number of primary amides is 1. The number of rotatable bonds is 13. The maximum atomic E-state index is 13.8. The molecule has 0 unspecified atom stereocenters. The smallest absolute Gasteiger partial charge is 0.475 e. The summed E-state index contributed by atoms with van der Waals surface area (Å²) in [6.07, 6.45) is -8.47. The van der Waals surface area contributed by atoms with Crippen LogP contribution in [-0.4, -0.2) is 92.1 Å². The van der Waals surface area contributed by atoms with Crippen molar-refractivity contribution in [1.29, 1.82) is 0 Å². The first kappa shape index (κ1) is 39.1. The zero-order valence-corrected chi connectivity index (χ0v) is 26.7. The van der Waals surface area contributed by atoms with E-state index in [1.165, 1.54) is 9.47 Å². The molecule has 0 saturated carbocycles. The number of aromatic nitrogens is 1. The lowest BCUT2D eigenvalue weighted by molar-refractivity contribution is -0.192. The second kappa shape index (κ2) is 17.4. The van der Waals surface area contributed by atoms with E-state index in [1.54, 1.807) is 24.3 Å². The van der Waals surface area contributed by atoms with Crippen molar-refractivity contribution in [3.63, 3.8) is 0 Å². The molecular formula is C31H34F6N4O7S. The molecule has 3 N–H and O–H groups in total. The molecule has 18 heteroatoms. The first-order valence-electron chi connectivity index (χ1n) is 14.9. The zero-order valence-electron chi connectivity index (χ0n) is 25.9. The number of hydrogen-bond acceptors (Lipinski definition) is 8. The second-order valence-electron chi connectivity index (χ2n) is 11.1. The topological polar surface area (TPSA) is 156 Å². The molecule has 3 aromatic rings. The van der Waals surface area contributed by atoms with Gasteiger partial charge in [-0.3, -0.25) is 23.9 Å². The van der Waals surface area contributed by atoms with Crippen LogP contribution in [0.2, 0.25) is 0 Å². The lowest BCUT2D eigenvalue weighted by Gasteiger charge is -2.41. The number of nitrogens with zero attached hydrogens (tertiary/aromatic N) is 3. The number of para-hydroxylation sites is 2. The predicted octanol–water partition coefficient (Wildman–Crippen LogP) is 4.22. The van der Waals surface area contributed by atoms with Crippen molar-refractivity contribution in [3.8, 4) is 0 Å². The lowest BCUT2D eigenvalue weighted by Crippen LogP contribution is -2.56. The number of likely N-dealkylation sites (tertiary alicyclic amines) is 1. The highest BCUT2D eigenvalue weighted by atomic mass is 32.2. The minimum Gasteiger partial charge on any atom is -0.475 e. The normalized spacial score (nSPS) is 14.9. The molecule has 0 radical (unpaired) electrons. The van der Waals surface area contributed by atoms with Gasteiger partial charge in [-0.2, -0.15) is 38.1 Å². The Labute approximate surface area is 280 Å². The SMILES string of the molecule is NC(=O)[C@H](CCCSCC(=O)C(F)(F)F)N(C(=O)Cn1c(=O)oc2ccccc21)C1CCN(Cc2ccccc2)CC1.O=C(O)C(F)(F)F. The molecule has 268 valence electrons. The van der Waals surface area contributed by atoms with Crippen molar-refractivity contribution in [1.82, 2.24) is 14.4 Å². The van der Waals surface area contributed by atoms with Crippen LogP contribution in [0.15, 0.2) is 63.8 Å². The molecule has 2 amide bonds. The molecule has 49 heavy (non-hydrogen) atoms. The van der Waals surface area contributed by atoms with Gasteiger partial charge in [0, 0.05) is 25.7 Å². The molecule has 0 aliphatic carbocycles. The number of carboxylic acids is 1. The number of benzene rings is 2. The summed E-state index contributed by atoms with van der Waals surface area (Å²) in [5, 5.41) is 7.12. The van der Waals surface area contributed by atoms with E-state index in [4.69, 9.17) is 20.1 Å². The van der Waals surface area contributed by atoms with Crippen LogP contribution in [0.25, 0.3) is 11.1 Å². The number of nitrogens with two attached hydrogens (primary N) is 1. The van der Waals surface area contributed by atoms with Gasteiger partial charge in [0.2, 0.25) is 17.6 Å². The quantitative estimate of drug-likeness (QED) is 0.195. The van der Waals surface area contributed by atoms with Gasteiger partial charge in [-0.1, -0.05) is 42.5 Å². The Kier molecular flexibility index (Phi) is 13.9. The molecule has 0 spiro atoms. The van der Waals surface area contributed by atoms with E-state index in [1.807, 2.05) is 30.3 Å². The Morgan fingerprint density at radius 2 is 1.55 bits per heavy atom. The van der Waals surface area contributed by atoms with E-state index in [0.29, 0.717) is 37.0 Å². The van der Waals surface area contributed by atoms with Crippen molar-refractivity contribution in [2.24, 2.45) is 5.73 Å². The van der Waals surface area contributed by atoms with Crippen molar-refractivity contribution >= 4 is 46.4 Å². The highest BCUT2D eigenvalue weighted by Crippen LogP contribution is 2.25. The van der Waals surface area contributed by atoms with E-state index >= 15 is 0 Å². The lowest BCUT2D eigenvalue weighted by atomic mass is 9.98. The van der Waals surface area contributed by atoms with Gasteiger partial charge in [-0.25, -0.2) is 9.59 Å². The number of fused-ring (bicyclic) bond motifs is 1. The van der Waals surface area contributed by atoms with E-state index in [-0.39, 0.29) is 31.2 Å². The van der Waals surface area contributed by atoms with Crippen molar-refractivity contribution in [3.05, 3.63) is 70.7 Å². The Balaban J connectivity index is 0.000000838. The van der Waals surface area contributed by atoms with Crippen LogP contribution in [0.3, 0.4) is 0 Å². The fourth-order valence-corrected chi connectivity index (χ4v) is 6.12. The summed E-state index contributed by atoms with van der Waals surface area (Å²) in [6, 6.07) is 15.3. The first-order valence-corrected chi connectivity index (χ1v) is 16.1. The molecule has 1 aliphatic heterocycles. The molecule has 2 heterocycles. The van der Waals surface area contributed by atoms with Gasteiger partial charge in [0.25, 0.3) is 0 Å². The van der Waals surface area contributed by atoms with Crippen LogP contribution in [0, 0.1) is 0 Å². The first-order chi connectivity index (χ1) is 23.0.